The highest BCUT2D eigenvalue weighted by molar-refractivity contribution is 9.10. The SMILES string of the molecule is CSC1(CNC(=O)c2cccc(Br)c2C)CCC1. The van der Waals surface area contributed by atoms with Gasteiger partial charge in [-0.25, -0.2) is 0 Å². The topological polar surface area (TPSA) is 29.1 Å². The fourth-order valence-electron chi connectivity index (χ4n) is 2.21. The number of hydrogen-bond acceptors (Lipinski definition) is 2. The average Bonchev–Trinajstić information content (AvgIpc) is 2.31. The van der Waals surface area contributed by atoms with E-state index in [1.807, 2.05) is 36.9 Å². The highest BCUT2D eigenvalue weighted by Crippen LogP contribution is 2.42. The van der Waals surface area contributed by atoms with Gasteiger partial charge in [0, 0.05) is 21.3 Å². The highest BCUT2D eigenvalue weighted by Gasteiger charge is 2.36. The van der Waals surface area contributed by atoms with E-state index < -0.39 is 0 Å². The Morgan fingerprint density at radius 1 is 1.50 bits per heavy atom. The number of amides is 1. The summed E-state index contributed by atoms with van der Waals surface area (Å²) in [5.74, 6) is 0.0362. The molecule has 0 unspecified atom stereocenters. The van der Waals surface area contributed by atoms with Gasteiger partial charge in [0.1, 0.15) is 0 Å². The second-order valence-corrected chi connectivity index (χ2v) is 6.96. The Kier molecular flexibility index (Phi) is 4.38. The molecule has 1 aliphatic carbocycles. The molecule has 0 bridgehead atoms. The van der Waals surface area contributed by atoms with Crippen LogP contribution in [0.2, 0.25) is 0 Å². The Morgan fingerprint density at radius 3 is 2.78 bits per heavy atom. The third-order valence-corrected chi connectivity index (χ3v) is 6.06. The van der Waals surface area contributed by atoms with Crippen molar-refractivity contribution in [2.75, 3.05) is 12.8 Å². The van der Waals surface area contributed by atoms with E-state index in [2.05, 4.69) is 27.5 Å². The third kappa shape index (κ3) is 2.75. The zero-order valence-corrected chi connectivity index (χ0v) is 13.2. The van der Waals surface area contributed by atoms with Crippen LogP contribution in [0.25, 0.3) is 0 Å². The molecular formula is C14H18BrNOS. The number of hydrogen-bond donors (Lipinski definition) is 1. The lowest BCUT2D eigenvalue weighted by Crippen LogP contribution is -2.45. The number of halogens is 1. The summed E-state index contributed by atoms with van der Waals surface area (Å²) >= 11 is 5.34. The summed E-state index contributed by atoms with van der Waals surface area (Å²) in [6.45, 7) is 2.74. The minimum Gasteiger partial charge on any atom is -0.351 e. The van der Waals surface area contributed by atoms with E-state index in [-0.39, 0.29) is 10.7 Å². The maximum atomic E-state index is 12.2. The highest BCUT2D eigenvalue weighted by atomic mass is 79.9. The minimum absolute atomic E-state index is 0.0362. The first-order valence-electron chi connectivity index (χ1n) is 6.16. The molecule has 0 radical (unpaired) electrons. The summed E-state index contributed by atoms with van der Waals surface area (Å²) in [6.07, 6.45) is 5.85. The first-order valence-corrected chi connectivity index (χ1v) is 8.18. The number of carbonyl (C=O) groups excluding carboxylic acids is 1. The molecule has 0 heterocycles. The van der Waals surface area contributed by atoms with Gasteiger partial charge in [-0.3, -0.25) is 4.79 Å². The quantitative estimate of drug-likeness (QED) is 0.911. The van der Waals surface area contributed by atoms with Gasteiger partial charge in [-0.2, -0.15) is 11.8 Å². The molecule has 1 aliphatic rings. The zero-order valence-electron chi connectivity index (χ0n) is 10.8. The summed E-state index contributed by atoms with van der Waals surface area (Å²) in [7, 11) is 0. The fraction of sp³-hybridized carbons (Fsp3) is 0.500. The zero-order chi connectivity index (χ0) is 13.2. The first-order chi connectivity index (χ1) is 8.58. The normalized spacial score (nSPS) is 17.1. The van der Waals surface area contributed by atoms with Crippen molar-refractivity contribution in [1.82, 2.24) is 5.32 Å². The second kappa shape index (κ2) is 5.66. The predicted molar refractivity (Wildman–Crippen MR) is 81.3 cm³/mol. The fourth-order valence-corrected chi connectivity index (χ4v) is 3.49. The van der Waals surface area contributed by atoms with Crippen molar-refractivity contribution in [3.8, 4) is 0 Å². The molecule has 2 nitrogen and oxygen atoms in total. The largest absolute Gasteiger partial charge is 0.351 e. The number of nitrogens with one attached hydrogen (secondary N) is 1. The van der Waals surface area contributed by atoms with Crippen molar-refractivity contribution < 1.29 is 4.79 Å². The van der Waals surface area contributed by atoms with Crippen LogP contribution in [-0.4, -0.2) is 23.5 Å². The molecule has 1 aromatic carbocycles. The van der Waals surface area contributed by atoms with Crippen molar-refractivity contribution in [3.63, 3.8) is 0 Å². The first kappa shape index (κ1) is 13.9. The van der Waals surface area contributed by atoms with Crippen LogP contribution in [0.4, 0.5) is 0 Å². The van der Waals surface area contributed by atoms with Crippen LogP contribution in [0.15, 0.2) is 22.7 Å². The Labute approximate surface area is 121 Å². The van der Waals surface area contributed by atoms with Crippen LogP contribution in [0.3, 0.4) is 0 Å². The Hall–Kier alpha value is -0.480. The molecule has 0 spiro atoms. The van der Waals surface area contributed by atoms with Crippen molar-refractivity contribution in [3.05, 3.63) is 33.8 Å². The van der Waals surface area contributed by atoms with Gasteiger partial charge in [-0.1, -0.05) is 28.4 Å². The van der Waals surface area contributed by atoms with Crippen molar-refractivity contribution in [2.45, 2.75) is 30.9 Å². The lowest BCUT2D eigenvalue weighted by molar-refractivity contribution is 0.0943. The number of rotatable bonds is 4. The molecule has 0 aliphatic heterocycles. The summed E-state index contributed by atoms with van der Waals surface area (Å²) in [5.41, 5.74) is 1.77. The van der Waals surface area contributed by atoms with E-state index in [9.17, 15) is 4.79 Å². The number of thioether (sulfide) groups is 1. The Bertz CT molecular complexity index is 452. The van der Waals surface area contributed by atoms with Crippen LogP contribution in [-0.2, 0) is 0 Å². The molecule has 1 amide bonds. The van der Waals surface area contributed by atoms with Crippen LogP contribution in [0, 0.1) is 6.92 Å². The van der Waals surface area contributed by atoms with Gasteiger partial charge >= 0.3 is 0 Å². The van der Waals surface area contributed by atoms with Crippen LogP contribution >= 0.6 is 27.7 Å². The molecule has 2 rings (SSSR count). The van der Waals surface area contributed by atoms with Gasteiger partial charge in [0.2, 0.25) is 0 Å². The van der Waals surface area contributed by atoms with Gasteiger partial charge in [0.15, 0.2) is 0 Å². The van der Waals surface area contributed by atoms with Crippen molar-refractivity contribution in [1.29, 1.82) is 0 Å². The maximum Gasteiger partial charge on any atom is 0.251 e. The molecule has 4 heteroatoms. The van der Waals surface area contributed by atoms with E-state index in [1.54, 1.807) is 0 Å². The molecule has 0 saturated heterocycles. The van der Waals surface area contributed by atoms with Crippen LogP contribution in [0.1, 0.15) is 35.2 Å². The summed E-state index contributed by atoms with van der Waals surface area (Å²) < 4.78 is 1.27. The van der Waals surface area contributed by atoms with Gasteiger partial charge in [-0.05, 0) is 43.7 Å². The van der Waals surface area contributed by atoms with Crippen LogP contribution in [0.5, 0.6) is 0 Å². The summed E-state index contributed by atoms with van der Waals surface area (Å²) in [4.78, 5) is 12.2. The van der Waals surface area contributed by atoms with Gasteiger partial charge in [-0.15, -0.1) is 0 Å². The second-order valence-electron chi connectivity index (χ2n) is 4.84. The smallest absolute Gasteiger partial charge is 0.251 e. The van der Waals surface area contributed by atoms with Gasteiger partial charge in [0.25, 0.3) is 5.91 Å². The van der Waals surface area contributed by atoms with E-state index in [0.717, 1.165) is 22.1 Å². The summed E-state index contributed by atoms with van der Waals surface area (Å²) in [5, 5.41) is 3.08. The van der Waals surface area contributed by atoms with Gasteiger partial charge in [0.05, 0.1) is 0 Å². The molecule has 0 atom stereocenters. The third-order valence-electron chi connectivity index (χ3n) is 3.78. The number of carbonyl (C=O) groups is 1. The molecule has 1 fully saturated rings. The van der Waals surface area contributed by atoms with E-state index in [1.165, 1.54) is 19.3 Å². The molecule has 18 heavy (non-hydrogen) atoms. The van der Waals surface area contributed by atoms with E-state index >= 15 is 0 Å². The average molecular weight is 328 g/mol. The van der Waals surface area contributed by atoms with Crippen molar-refractivity contribution >= 4 is 33.6 Å². The lowest BCUT2D eigenvalue weighted by atomic mass is 9.84. The van der Waals surface area contributed by atoms with E-state index in [0.29, 0.717) is 0 Å². The van der Waals surface area contributed by atoms with Crippen LogP contribution < -0.4 is 5.32 Å². The molecule has 0 aromatic heterocycles. The van der Waals surface area contributed by atoms with Gasteiger partial charge < -0.3 is 5.32 Å². The summed E-state index contributed by atoms with van der Waals surface area (Å²) in [6, 6.07) is 5.74. The standard InChI is InChI=1S/C14H18BrNOS/c1-10-11(5-3-6-12(10)15)13(17)16-9-14(18-2)7-4-8-14/h3,5-6H,4,7-9H2,1-2H3,(H,16,17). The number of benzene rings is 1. The minimum atomic E-state index is 0.0362. The molecule has 98 valence electrons. The Morgan fingerprint density at radius 2 is 2.22 bits per heavy atom. The monoisotopic (exact) mass is 327 g/mol. The molecule has 1 N–H and O–H groups in total. The van der Waals surface area contributed by atoms with E-state index in [4.69, 9.17) is 0 Å². The molecule has 1 saturated carbocycles. The molecular weight excluding hydrogens is 310 g/mol. The lowest BCUT2D eigenvalue weighted by Gasteiger charge is -2.40. The maximum absolute atomic E-state index is 12.2. The molecule has 1 aromatic rings. The predicted octanol–water partition coefficient (Wildman–Crippen LogP) is 3.77. The van der Waals surface area contributed by atoms with Crippen molar-refractivity contribution in [2.24, 2.45) is 0 Å². The Balaban J connectivity index is 2.02.